The number of benzene rings is 1. The van der Waals surface area contributed by atoms with E-state index < -0.39 is 10.0 Å². The first kappa shape index (κ1) is 21.1. The van der Waals surface area contributed by atoms with Crippen molar-refractivity contribution in [2.45, 2.75) is 24.2 Å². The van der Waals surface area contributed by atoms with Crippen molar-refractivity contribution >= 4 is 33.3 Å². The molecule has 2 saturated heterocycles. The Morgan fingerprint density at radius 2 is 1.67 bits per heavy atom. The normalized spacial score (nSPS) is 18.4. The summed E-state index contributed by atoms with van der Waals surface area (Å²) in [6.07, 6.45) is 4.51. The van der Waals surface area contributed by atoms with Gasteiger partial charge in [-0.05, 0) is 43.2 Å². The van der Waals surface area contributed by atoms with Gasteiger partial charge in [-0.2, -0.15) is 4.31 Å². The third-order valence-corrected chi connectivity index (χ3v) is 7.89. The molecule has 0 aliphatic carbocycles. The van der Waals surface area contributed by atoms with Gasteiger partial charge in [-0.15, -0.1) is 0 Å². The smallest absolute Gasteiger partial charge is 0.255 e. The molecule has 0 spiro atoms. The molecule has 2 fully saturated rings. The number of hydrogen-bond acceptors (Lipinski definition) is 5. The average Bonchev–Trinajstić information content (AvgIpc) is 2.80. The van der Waals surface area contributed by atoms with E-state index in [-0.39, 0.29) is 21.4 Å². The number of amides is 1. The van der Waals surface area contributed by atoms with Crippen LogP contribution in [-0.4, -0.2) is 67.8 Å². The largest absolute Gasteiger partial charge is 0.353 e. The van der Waals surface area contributed by atoms with Gasteiger partial charge < -0.3 is 9.80 Å². The average molecular weight is 449 g/mol. The molecule has 1 aromatic heterocycles. The number of carbonyl (C=O) groups is 1. The molecule has 4 rings (SSSR count). The number of rotatable bonds is 4. The molecule has 30 heavy (non-hydrogen) atoms. The zero-order chi connectivity index (χ0) is 21.1. The Balaban J connectivity index is 1.50. The van der Waals surface area contributed by atoms with E-state index in [0.29, 0.717) is 39.3 Å². The van der Waals surface area contributed by atoms with Crippen LogP contribution >= 0.6 is 11.6 Å². The molecule has 9 heteroatoms. The van der Waals surface area contributed by atoms with Crippen LogP contribution in [0.1, 0.15) is 29.6 Å². The number of pyridine rings is 1. The number of carbonyl (C=O) groups excluding carboxylic acids is 1. The lowest BCUT2D eigenvalue weighted by Crippen LogP contribution is -2.49. The van der Waals surface area contributed by atoms with Gasteiger partial charge in [0, 0.05) is 45.5 Å². The van der Waals surface area contributed by atoms with Crippen LogP contribution in [0.3, 0.4) is 0 Å². The van der Waals surface area contributed by atoms with Crippen LogP contribution in [0.25, 0.3) is 0 Å². The van der Waals surface area contributed by atoms with Crippen LogP contribution < -0.4 is 4.90 Å². The van der Waals surface area contributed by atoms with E-state index in [2.05, 4.69) is 9.88 Å². The van der Waals surface area contributed by atoms with Crippen molar-refractivity contribution in [2.24, 2.45) is 0 Å². The van der Waals surface area contributed by atoms with Crippen molar-refractivity contribution in [1.29, 1.82) is 0 Å². The lowest BCUT2D eigenvalue weighted by molar-refractivity contribution is 0.0746. The van der Waals surface area contributed by atoms with Crippen molar-refractivity contribution in [3.8, 4) is 0 Å². The molecule has 1 amide bonds. The number of aromatic nitrogens is 1. The summed E-state index contributed by atoms with van der Waals surface area (Å²) < 4.78 is 27.5. The Morgan fingerprint density at radius 3 is 2.33 bits per heavy atom. The fourth-order valence-electron chi connectivity index (χ4n) is 3.93. The lowest BCUT2D eigenvalue weighted by atomic mass is 10.1. The minimum Gasteiger partial charge on any atom is -0.353 e. The number of anilines is 1. The highest BCUT2D eigenvalue weighted by molar-refractivity contribution is 7.89. The molecule has 0 bridgehead atoms. The third-order valence-electron chi connectivity index (χ3n) is 5.66. The summed E-state index contributed by atoms with van der Waals surface area (Å²) in [6.45, 7) is 3.40. The van der Waals surface area contributed by atoms with Gasteiger partial charge in [0.1, 0.15) is 5.82 Å². The molecule has 2 aromatic rings. The molecule has 1 aromatic carbocycles. The molecule has 0 atom stereocenters. The fourth-order valence-corrected chi connectivity index (χ4v) is 5.68. The van der Waals surface area contributed by atoms with Crippen LogP contribution in [-0.2, 0) is 10.0 Å². The van der Waals surface area contributed by atoms with E-state index in [1.807, 2.05) is 18.2 Å². The quantitative estimate of drug-likeness (QED) is 0.719. The summed E-state index contributed by atoms with van der Waals surface area (Å²) in [5.41, 5.74) is 0.237. The van der Waals surface area contributed by atoms with Gasteiger partial charge in [-0.3, -0.25) is 4.79 Å². The SMILES string of the molecule is O=C(c1cc(S(=O)(=O)N2CCCCC2)ccc1Cl)N1CCN(c2ccccn2)CC1. The number of halogens is 1. The van der Waals surface area contributed by atoms with Crippen molar-refractivity contribution in [3.05, 3.63) is 53.2 Å². The highest BCUT2D eigenvalue weighted by Gasteiger charge is 2.29. The molecule has 3 heterocycles. The second-order valence-corrected chi connectivity index (χ2v) is 9.92. The minimum atomic E-state index is -3.62. The van der Waals surface area contributed by atoms with Gasteiger partial charge in [-0.25, -0.2) is 13.4 Å². The maximum Gasteiger partial charge on any atom is 0.255 e. The fraction of sp³-hybridized carbons (Fsp3) is 0.429. The molecule has 160 valence electrons. The monoisotopic (exact) mass is 448 g/mol. The molecule has 2 aliphatic rings. The molecule has 7 nitrogen and oxygen atoms in total. The molecule has 0 unspecified atom stereocenters. The van der Waals surface area contributed by atoms with Gasteiger partial charge >= 0.3 is 0 Å². The van der Waals surface area contributed by atoms with E-state index in [0.717, 1.165) is 25.1 Å². The summed E-state index contributed by atoms with van der Waals surface area (Å²) in [6, 6.07) is 10.2. The van der Waals surface area contributed by atoms with Gasteiger partial charge in [-0.1, -0.05) is 24.1 Å². The second kappa shape index (κ2) is 8.91. The van der Waals surface area contributed by atoms with Crippen molar-refractivity contribution in [1.82, 2.24) is 14.2 Å². The van der Waals surface area contributed by atoms with E-state index in [1.165, 1.54) is 22.5 Å². The molecule has 0 saturated carbocycles. The Hall–Kier alpha value is -2.16. The summed E-state index contributed by atoms with van der Waals surface area (Å²) in [4.78, 5) is 21.5. The van der Waals surface area contributed by atoms with Crippen molar-refractivity contribution in [2.75, 3.05) is 44.2 Å². The van der Waals surface area contributed by atoms with Crippen LogP contribution in [0.15, 0.2) is 47.5 Å². The van der Waals surface area contributed by atoms with Gasteiger partial charge in [0.05, 0.1) is 15.5 Å². The maximum atomic E-state index is 13.1. The van der Waals surface area contributed by atoms with Crippen LogP contribution in [0, 0.1) is 0 Å². The number of sulfonamides is 1. The molecule has 0 N–H and O–H groups in total. The molecule has 0 radical (unpaired) electrons. The maximum absolute atomic E-state index is 13.1. The highest BCUT2D eigenvalue weighted by atomic mass is 35.5. The van der Waals surface area contributed by atoms with E-state index in [9.17, 15) is 13.2 Å². The summed E-state index contributed by atoms with van der Waals surface area (Å²) in [5, 5.41) is 0.268. The number of hydrogen-bond donors (Lipinski definition) is 0. The molecule has 2 aliphatic heterocycles. The third kappa shape index (κ3) is 4.31. The number of piperazine rings is 1. The Kier molecular flexibility index (Phi) is 6.26. The van der Waals surface area contributed by atoms with E-state index in [4.69, 9.17) is 11.6 Å². The zero-order valence-corrected chi connectivity index (χ0v) is 18.3. The zero-order valence-electron chi connectivity index (χ0n) is 16.7. The topological polar surface area (TPSA) is 73.8 Å². The van der Waals surface area contributed by atoms with E-state index >= 15 is 0 Å². The molecular formula is C21H25ClN4O3S. The van der Waals surface area contributed by atoms with Crippen LogP contribution in [0.5, 0.6) is 0 Å². The Labute approximate surface area is 182 Å². The first-order chi connectivity index (χ1) is 14.5. The lowest BCUT2D eigenvalue weighted by Gasteiger charge is -2.35. The van der Waals surface area contributed by atoms with Crippen LogP contribution in [0.4, 0.5) is 5.82 Å². The van der Waals surface area contributed by atoms with E-state index in [1.54, 1.807) is 11.1 Å². The highest BCUT2D eigenvalue weighted by Crippen LogP contribution is 2.26. The second-order valence-electron chi connectivity index (χ2n) is 7.57. The predicted molar refractivity (Wildman–Crippen MR) is 116 cm³/mol. The van der Waals surface area contributed by atoms with Gasteiger partial charge in [0.25, 0.3) is 5.91 Å². The van der Waals surface area contributed by atoms with Gasteiger partial charge in [0.15, 0.2) is 0 Å². The van der Waals surface area contributed by atoms with Crippen molar-refractivity contribution < 1.29 is 13.2 Å². The Bertz CT molecular complexity index is 1000. The van der Waals surface area contributed by atoms with Crippen molar-refractivity contribution in [3.63, 3.8) is 0 Å². The first-order valence-electron chi connectivity index (χ1n) is 10.2. The first-order valence-corrected chi connectivity index (χ1v) is 12.0. The summed E-state index contributed by atoms with van der Waals surface area (Å²) in [5.74, 6) is 0.647. The standard InChI is InChI=1S/C21H25ClN4O3S/c22-19-8-7-17(30(28,29)26-10-4-1-5-11-26)16-18(19)21(27)25-14-12-24(13-15-25)20-6-2-3-9-23-20/h2-3,6-9,16H,1,4-5,10-15H2. The minimum absolute atomic E-state index is 0.129. The van der Waals surface area contributed by atoms with Gasteiger partial charge in [0.2, 0.25) is 10.0 Å². The predicted octanol–water partition coefficient (Wildman–Crippen LogP) is 2.87. The summed E-state index contributed by atoms with van der Waals surface area (Å²) >= 11 is 6.29. The Morgan fingerprint density at radius 1 is 0.933 bits per heavy atom. The summed E-state index contributed by atoms with van der Waals surface area (Å²) in [7, 11) is -3.62. The molecular weight excluding hydrogens is 424 g/mol. The number of nitrogens with zero attached hydrogens (tertiary/aromatic N) is 4. The van der Waals surface area contributed by atoms with Crippen LogP contribution in [0.2, 0.25) is 5.02 Å². The number of piperidine rings is 1.